The lowest BCUT2D eigenvalue weighted by Crippen LogP contribution is -2.06. The number of pyridine rings is 1. The first-order valence-corrected chi connectivity index (χ1v) is 10.9. The number of ether oxygens (including phenoxy) is 2. The number of thioether (sulfide) groups is 1. The monoisotopic (exact) mass is 409 g/mol. The van der Waals surface area contributed by atoms with E-state index in [9.17, 15) is 4.79 Å². The summed E-state index contributed by atoms with van der Waals surface area (Å²) in [4.78, 5) is 16.2. The van der Waals surface area contributed by atoms with Crippen molar-refractivity contribution in [3.63, 3.8) is 0 Å². The van der Waals surface area contributed by atoms with Crippen LogP contribution in [0.4, 0.5) is 0 Å². The van der Waals surface area contributed by atoms with Gasteiger partial charge in [-0.15, -0.1) is 11.8 Å². The molecule has 152 valence electrons. The Morgan fingerprint density at radius 2 is 1.86 bits per heavy atom. The molecule has 0 bridgehead atoms. The van der Waals surface area contributed by atoms with Gasteiger partial charge in [-0.25, -0.2) is 4.98 Å². The molecular formula is C24H27NO3S. The summed E-state index contributed by atoms with van der Waals surface area (Å²) in [6.45, 7) is 7.07. The number of hydrogen-bond donors (Lipinski definition) is 0. The summed E-state index contributed by atoms with van der Waals surface area (Å²) < 4.78 is 10.7. The molecule has 0 fully saturated rings. The lowest BCUT2D eigenvalue weighted by Gasteiger charge is -2.09. The van der Waals surface area contributed by atoms with Crippen molar-refractivity contribution in [2.75, 3.05) is 13.2 Å². The number of fused-ring (bicyclic) bond motifs is 1. The van der Waals surface area contributed by atoms with E-state index in [1.54, 1.807) is 11.8 Å². The van der Waals surface area contributed by atoms with Crippen molar-refractivity contribution in [3.05, 3.63) is 54.6 Å². The van der Waals surface area contributed by atoms with Crippen molar-refractivity contribution in [2.24, 2.45) is 0 Å². The number of hydrogen-bond acceptors (Lipinski definition) is 5. The summed E-state index contributed by atoms with van der Waals surface area (Å²) in [6.07, 6.45) is 1.03. The van der Waals surface area contributed by atoms with Crippen molar-refractivity contribution in [3.8, 4) is 17.0 Å². The maximum atomic E-state index is 11.4. The van der Waals surface area contributed by atoms with E-state index in [-0.39, 0.29) is 5.97 Å². The zero-order chi connectivity index (χ0) is 20.6. The van der Waals surface area contributed by atoms with Crippen LogP contribution in [-0.2, 0) is 9.53 Å². The summed E-state index contributed by atoms with van der Waals surface area (Å²) >= 11 is 1.77. The van der Waals surface area contributed by atoms with Gasteiger partial charge in [0.05, 0.1) is 23.9 Å². The fourth-order valence-corrected chi connectivity index (χ4v) is 3.79. The molecule has 0 amide bonds. The summed E-state index contributed by atoms with van der Waals surface area (Å²) in [5.41, 5.74) is 2.09. The second-order valence-corrected chi connectivity index (χ2v) is 8.61. The number of nitrogens with zero attached hydrogens (tertiary/aromatic N) is 1. The van der Waals surface area contributed by atoms with Crippen LogP contribution in [0.3, 0.4) is 0 Å². The largest absolute Gasteiger partial charge is 0.494 e. The van der Waals surface area contributed by atoms with Gasteiger partial charge < -0.3 is 9.47 Å². The van der Waals surface area contributed by atoms with Crippen molar-refractivity contribution in [1.82, 2.24) is 4.98 Å². The SMILES string of the molecule is CCOC(=O)CCCOc1ccc2cc(-c3cccc(SC(C)C)n3)ccc2c1. The zero-order valence-electron chi connectivity index (χ0n) is 17.2. The highest BCUT2D eigenvalue weighted by Crippen LogP contribution is 2.28. The minimum atomic E-state index is -0.174. The minimum Gasteiger partial charge on any atom is -0.494 e. The Bertz CT molecular complexity index is 971. The van der Waals surface area contributed by atoms with E-state index in [0.29, 0.717) is 31.3 Å². The fraction of sp³-hybridized carbons (Fsp3) is 0.333. The maximum absolute atomic E-state index is 11.4. The van der Waals surface area contributed by atoms with Crippen LogP contribution in [0.15, 0.2) is 59.6 Å². The Morgan fingerprint density at radius 1 is 1.07 bits per heavy atom. The van der Waals surface area contributed by atoms with Crippen molar-refractivity contribution >= 4 is 28.5 Å². The molecule has 0 saturated carbocycles. The van der Waals surface area contributed by atoms with Gasteiger partial charge in [0, 0.05) is 17.2 Å². The van der Waals surface area contributed by atoms with Crippen LogP contribution in [0.5, 0.6) is 5.75 Å². The van der Waals surface area contributed by atoms with Crippen LogP contribution in [0.2, 0.25) is 0 Å². The van der Waals surface area contributed by atoms with Crippen LogP contribution >= 0.6 is 11.8 Å². The highest BCUT2D eigenvalue weighted by molar-refractivity contribution is 7.99. The van der Waals surface area contributed by atoms with Gasteiger partial charge in [0.1, 0.15) is 5.75 Å². The molecule has 0 radical (unpaired) electrons. The Labute approximate surface area is 176 Å². The predicted octanol–water partition coefficient (Wildman–Crippen LogP) is 6.12. The Morgan fingerprint density at radius 3 is 2.66 bits per heavy atom. The fourth-order valence-electron chi connectivity index (χ4n) is 3.00. The van der Waals surface area contributed by atoms with Gasteiger partial charge in [0.15, 0.2) is 0 Å². The summed E-state index contributed by atoms with van der Waals surface area (Å²) in [5, 5.41) is 3.81. The molecule has 0 N–H and O–H groups in total. The first kappa shape index (κ1) is 21.2. The third kappa shape index (κ3) is 6.23. The molecule has 0 saturated heterocycles. The molecule has 0 spiro atoms. The molecule has 0 atom stereocenters. The molecule has 0 aliphatic carbocycles. The first-order valence-electron chi connectivity index (χ1n) is 10.0. The highest BCUT2D eigenvalue weighted by atomic mass is 32.2. The summed E-state index contributed by atoms with van der Waals surface area (Å²) in [6, 6.07) is 18.6. The molecule has 29 heavy (non-hydrogen) atoms. The van der Waals surface area contributed by atoms with Gasteiger partial charge >= 0.3 is 5.97 Å². The van der Waals surface area contributed by atoms with Crippen LogP contribution in [-0.4, -0.2) is 29.4 Å². The van der Waals surface area contributed by atoms with Crippen LogP contribution < -0.4 is 4.74 Å². The van der Waals surface area contributed by atoms with Crippen molar-refractivity contribution in [2.45, 2.75) is 43.9 Å². The average molecular weight is 410 g/mol. The highest BCUT2D eigenvalue weighted by Gasteiger charge is 2.06. The number of rotatable bonds is 9. The van der Waals surface area contributed by atoms with Crippen molar-refractivity contribution in [1.29, 1.82) is 0 Å². The van der Waals surface area contributed by atoms with Gasteiger partial charge in [-0.2, -0.15) is 0 Å². The number of carbonyl (C=O) groups is 1. The Hall–Kier alpha value is -2.53. The number of benzene rings is 2. The van der Waals surface area contributed by atoms with E-state index in [1.807, 2.05) is 25.1 Å². The lowest BCUT2D eigenvalue weighted by molar-refractivity contribution is -0.143. The van der Waals surface area contributed by atoms with Gasteiger partial charge in [-0.3, -0.25) is 4.79 Å². The van der Waals surface area contributed by atoms with Gasteiger partial charge in [-0.1, -0.05) is 38.1 Å². The smallest absolute Gasteiger partial charge is 0.305 e. The van der Waals surface area contributed by atoms with Crippen LogP contribution in [0.1, 0.15) is 33.6 Å². The van der Waals surface area contributed by atoms with Crippen LogP contribution in [0.25, 0.3) is 22.0 Å². The summed E-state index contributed by atoms with van der Waals surface area (Å²) in [7, 11) is 0. The Kier molecular flexibility index (Phi) is 7.53. The van der Waals surface area contributed by atoms with E-state index in [0.717, 1.165) is 32.8 Å². The third-order valence-electron chi connectivity index (χ3n) is 4.29. The van der Waals surface area contributed by atoms with E-state index >= 15 is 0 Å². The molecule has 4 nitrogen and oxygen atoms in total. The maximum Gasteiger partial charge on any atom is 0.305 e. The molecule has 3 aromatic rings. The molecule has 2 aromatic carbocycles. The topological polar surface area (TPSA) is 48.4 Å². The number of aromatic nitrogens is 1. The Balaban J connectivity index is 1.67. The summed E-state index contributed by atoms with van der Waals surface area (Å²) in [5.74, 6) is 0.633. The normalized spacial score (nSPS) is 11.0. The van der Waals surface area contributed by atoms with E-state index in [2.05, 4.69) is 50.2 Å². The van der Waals surface area contributed by atoms with Crippen molar-refractivity contribution < 1.29 is 14.3 Å². The standard InChI is InChI=1S/C24H27NO3S/c1-4-27-24(26)9-6-14-28-21-13-12-18-15-20(11-10-19(18)16-21)22-7-5-8-23(25-22)29-17(2)3/h5,7-8,10-13,15-17H,4,6,9,14H2,1-3H3. The molecule has 3 rings (SSSR count). The quantitative estimate of drug-likeness (QED) is 0.242. The average Bonchev–Trinajstić information content (AvgIpc) is 2.71. The lowest BCUT2D eigenvalue weighted by atomic mass is 10.0. The first-order chi connectivity index (χ1) is 14.0. The molecule has 1 heterocycles. The van der Waals surface area contributed by atoms with Gasteiger partial charge in [0.2, 0.25) is 0 Å². The number of esters is 1. The van der Waals surface area contributed by atoms with E-state index < -0.39 is 0 Å². The second-order valence-electron chi connectivity index (χ2n) is 7.01. The third-order valence-corrected chi connectivity index (χ3v) is 5.23. The second kappa shape index (κ2) is 10.3. The number of carbonyl (C=O) groups excluding carboxylic acids is 1. The molecule has 1 aromatic heterocycles. The van der Waals surface area contributed by atoms with E-state index in [4.69, 9.17) is 14.5 Å². The van der Waals surface area contributed by atoms with Gasteiger partial charge in [0.25, 0.3) is 0 Å². The molecule has 0 aliphatic heterocycles. The zero-order valence-corrected chi connectivity index (χ0v) is 18.0. The van der Waals surface area contributed by atoms with Gasteiger partial charge in [-0.05, 0) is 54.4 Å². The van der Waals surface area contributed by atoms with Crippen LogP contribution in [0, 0.1) is 0 Å². The molecular weight excluding hydrogens is 382 g/mol. The molecule has 0 unspecified atom stereocenters. The molecule has 5 heteroatoms. The predicted molar refractivity (Wildman–Crippen MR) is 120 cm³/mol. The van der Waals surface area contributed by atoms with E-state index in [1.165, 1.54) is 0 Å². The molecule has 0 aliphatic rings. The minimum absolute atomic E-state index is 0.174.